The Balaban J connectivity index is 1.96. The van der Waals surface area contributed by atoms with Crippen molar-refractivity contribution < 1.29 is 4.39 Å². The average Bonchev–Trinajstić information content (AvgIpc) is 2.17. The van der Waals surface area contributed by atoms with Crippen molar-refractivity contribution in [1.82, 2.24) is 4.90 Å². The third-order valence-electron chi connectivity index (χ3n) is 3.04. The van der Waals surface area contributed by atoms with Crippen LogP contribution in [0, 0.1) is 11.7 Å². The van der Waals surface area contributed by atoms with Crippen LogP contribution in [0.5, 0.6) is 0 Å². The predicted octanol–water partition coefficient (Wildman–Crippen LogP) is 3.06. The summed E-state index contributed by atoms with van der Waals surface area (Å²) < 4.78 is 13.0. The average molecular weight is 207 g/mol. The largest absolute Gasteiger partial charge is 0.299 e. The molecule has 0 amide bonds. The molecule has 0 aromatic heterocycles. The van der Waals surface area contributed by atoms with Crippen molar-refractivity contribution in [1.29, 1.82) is 0 Å². The molecule has 1 aromatic carbocycles. The molecule has 1 aliphatic rings. The van der Waals surface area contributed by atoms with Crippen molar-refractivity contribution >= 4 is 0 Å². The maximum Gasteiger partial charge on any atom is 0.123 e. The molecule has 1 fully saturated rings. The van der Waals surface area contributed by atoms with Gasteiger partial charge in [-0.3, -0.25) is 4.90 Å². The number of rotatable bonds is 2. The molecule has 1 aromatic rings. The van der Waals surface area contributed by atoms with Crippen molar-refractivity contribution in [2.24, 2.45) is 5.92 Å². The van der Waals surface area contributed by atoms with E-state index in [1.807, 2.05) is 6.07 Å². The second-order valence-electron chi connectivity index (χ2n) is 4.61. The van der Waals surface area contributed by atoms with Gasteiger partial charge in [-0.1, -0.05) is 19.1 Å². The lowest BCUT2D eigenvalue weighted by atomic mass is 10.00. The molecule has 0 radical (unpaired) electrons. The number of halogens is 1. The van der Waals surface area contributed by atoms with Crippen LogP contribution in [-0.4, -0.2) is 18.0 Å². The molecule has 0 aliphatic carbocycles. The van der Waals surface area contributed by atoms with Crippen LogP contribution in [0.2, 0.25) is 0 Å². The number of hydrogen-bond acceptors (Lipinski definition) is 1. The zero-order valence-corrected chi connectivity index (χ0v) is 9.25. The molecule has 1 atom stereocenters. The van der Waals surface area contributed by atoms with E-state index < -0.39 is 0 Å². The van der Waals surface area contributed by atoms with Crippen LogP contribution < -0.4 is 0 Å². The topological polar surface area (TPSA) is 3.24 Å². The summed E-state index contributed by atoms with van der Waals surface area (Å²) in [6, 6.07) is 6.93. The van der Waals surface area contributed by atoms with Crippen LogP contribution in [0.4, 0.5) is 4.39 Å². The summed E-state index contributed by atoms with van der Waals surface area (Å²) in [5, 5.41) is 0. The molecule has 1 nitrogen and oxygen atoms in total. The quantitative estimate of drug-likeness (QED) is 0.720. The van der Waals surface area contributed by atoms with Gasteiger partial charge in [-0.05, 0) is 43.0 Å². The SMILES string of the molecule is CC1CCCN(Cc2cccc(F)c2)C1. The van der Waals surface area contributed by atoms with Crippen LogP contribution in [0.3, 0.4) is 0 Å². The molecule has 1 aliphatic heterocycles. The summed E-state index contributed by atoms with van der Waals surface area (Å²) in [4.78, 5) is 2.42. The van der Waals surface area contributed by atoms with E-state index in [0.717, 1.165) is 31.1 Å². The van der Waals surface area contributed by atoms with Gasteiger partial charge in [-0.2, -0.15) is 0 Å². The molecular weight excluding hydrogens is 189 g/mol. The summed E-state index contributed by atoms with van der Waals surface area (Å²) in [5.74, 6) is 0.657. The summed E-state index contributed by atoms with van der Waals surface area (Å²) in [6.45, 7) is 5.48. The van der Waals surface area contributed by atoms with Gasteiger partial charge in [-0.25, -0.2) is 4.39 Å². The Kier molecular flexibility index (Phi) is 3.37. The minimum atomic E-state index is -0.127. The van der Waals surface area contributed by atoms with Gasteiger partial charge in [-0.15, -0.1) is 0 Å². The maximum absolute atomic E-state index is 13.0. The van der Waals surface area contributed by atoms with Crippen molar-refractivity contribution in [2.75, 3.05) is 13.1 Å². The molecule has 2 heteroatoms. The Morgan fingerprint density at radius 3 is 3.07 bits per heavy atom. The van der Waals surface area contributed by atoms with Gasteiger partial charge in [0.25, 0.3) is 0 Å². The molecule has 1 saturated heterocycles. The van der Waals surface area contributed by atoms with Gasteiger partial charge >= 0.3 is 0 Å². The number of piperidine rings is 1. The molecular formula is C13H18FN. The van der Waals surface area contributed by atoms with E-state index in [1.165, 1.54) is 18.9 Å². The van der Waals surface area contributed by atoms with E-state index in [1.54, 1.807) is 12.1 Å². The highest BCUT2D eigenvalue weighted by Crippen LogP contribution is 2.17. The van der Waals surface area contributed by atoms with E-state index >= 15 is 0 Å². The van der Waals surface area contributed by atoms with Gasteiger partial charge in [0, 0.05) is 13.1 Å². The first-order valence-electron chi connectivity index (χ1n) is 5.71. The molecule has 15 heavy (non-hydrogen) atoms. The molecule has 0 spiro atoms. The molecule has 82 valence electrons. The second kappa shape index (κ2) is 4.75. The van der Waals surface area contributed by atoms with E-state index in [0.29, 0.717) is 0 Å². The molecule has 1 heterocycles. The van der Waals surface area contributed by atoms with Crippen LogP contribution in [0.15, 0.2) is 24.3 Å². The van der Waals surface area contributed by atoms with Gasteiger partial charge in [0.2, 0.25) is 0 Å². The van der Waals surface area contributed by atoms with Gasteiger partial charge in [0.15, 0.2) is 0 Å². The highest BCUT2D eigenvalue weighted by Gasteiger charge is 2.16. The molecule has 0 bridgehead atoms. The number of hydrogen-bond donors (Lipinski definition) is 0. The minimum Gasteiger partial charge on any atom is -0.299 e. The van der Waals surface area contributed by atoms with Crippen molar-refractivity contribution in [2.45, 2.75) is 26.3 Å². The van der Waals surface area contributed by atoms with Crippen molar-refractivity contribution in [3.63, 3.8) is 0 Å². The highest BCUT2D eigenvalue weighted by molar-refractivity contribution is 5.16. The summed E-state index contributed by atoms with van der Waals surface area (Å²) in [5.41, 5.74) is 1.09. The third-order valence-corrected chi connectivity index (χ3v) is 3.04. The first kappa shape index (κ1) is 10.6. The first-order chi connectivity index (χ1) is 7.24. The van der Waals surface area contributed by atoms with Crippen LogP contribution in [0.25, 0.3) is 0 Å². The lowest BCUT2D eigenvalue weighted by molar-refractivity contribution is 0.176. The third kappa shape index (κ3) is 3.03. The predicted molar refractivity (Wildman–Crippen MR) is 60.1 cm³/mol. The zero-order valence-electron chi connectivity index (χ0n) is 9.25. The Labute approximate surface area is 90.9 Å². The summed E-state index contributed by atoms with van der Waals surface area (Å²) >= 11 is 0. The van der Waals surface area contributed by atoms with Crippen LogP contribution in [-0.2, 0) is 6.54 Å². The monoisotopic (exact) mass is 207 g/mol. The fourth-order valence-corrected chi connectivity index (χ4v) is 2.32. The standard InChI is InChI=1S/C13H18FN/c1-11-4-3-7-15(9-11)10-12-5-2-6-13(14)8-12/h2,5-6,8,11H,3-4,7,9-10H2,1H3. The molecule has 2 rings (SSSR count). The summed E-state index contributed by atoms with van der Waals surface area (Å²) in [7, 11) is 0. The number of benzene rings is 1. The number of likely N-dealkylation sites (tertiary alicyclic amines) is 1. The van der Waals surface area contributed by atoms with E-state index in [-0.39, 0.29) is 5.82 Å². The van der Waals surface area contributed by atoms with Crippen molar-refractivity contribution in [3.8, 4) is 0 Å². The summed E-state index contributed by atoms with van der Waals surface area (Å²) in [6.07, 6.45) is 2.61. The van der Waals surface area contributed by atoms with Crippen LogP contribution >= 0.6 is 0 Å². The van der Waals surface area contributed by atoms with Crippen molar-refractivity contribution in [3.05, 3.63) is 35.6 Å². The highest BCUT2D eigenvalue weighted by atomic mass is 19.1. The maximum atomic E-state index is 13.0. The minimum absolute atomic E-state index is 0.127. The van der Waals surface area contributed by atoms with E-state index in [4.69, 9.17) is 0 Å². The molecule has 0 saturated carbocycles. The van der Waals surface area contributed by atoms with Gasteiger partial charge in [0.05, 0.1) is 0 Å². The second-order valence-corrected chi connectivity index (χ2v) is 4.61. The van der Waals surface area contributed by atoms with E-state index in [2.05, 4.69) is 11.8 Å². The Morgan fingerprint density at radius 1 is 1.47 bits per heavy atom. The fraction of sp³-hybridized carbons (Fsp3) is 0.538. The lowest BCUT2D eigenvalue weighted by Gasteiger charge is -2.30. The normalized spacial score (nSPS) is 22.9. The Hall–Kier alpha value is -0.890. The zero-order chi connectivity index (χ0) is 10.7. The van der Waals surface area contributed by atoms with Gasteiger partial charge in [0.1, 0.15) is 5.82 Å². The molecule has 1 unspecified atom stereocenters. The Bertz CT molecular complexity index is 324. The first-order valence-corrected chi connectivity index (χ1v) is 5.71. The van der Waals surface area contributed by atoms with Gasteiger partial charge < -0.3 is 0 Å². The fourth-order valence-electron chi connectivity index (χ4n) is 2.32. The Morgan fingerprint density at radius 2 is 2.33 bits per heavy atom. The lowest BCUT2D eigenvalue weighted by Crippen LogP contribution is -2.33. The smallest absolute Gasteiger partial charge is 0.123 e. The van der Waals surface area contributed by atoms with Crippen LogP contribution in [0.1, 0.15) is 25.3 Å². The number of nitrogens with zero attached hydrogens (tertiary/aromatic N) is 1. The van der Waals surface area contributed by atoms with E-state index in [9.17, 15) is 4.39 Å². The molecule has 0 N–H and O–H groups in total.